The average molecular weight is 456 g/mol. The van der Waals surface area contributed by atoms with Crippen molar-refractivity contribution in [3.63, 3.8) is 0 Å². The second kappa shape index (κ2) is 7.72. The number of nitrogens with one attached hydrogen (secondary N) is 2. The van der Waals surface area contributed by atoms with Gasteiger partial charge in [0, 0.05) is 60.0 Å². The van der Waals surface area contributed by atoms with Gasteiger partial charge in [0.25, 0.3) is 0 Å². The van der Waals surface area contributed by atoms with Gasteiger partial charge in [-0.25, -0.2) is 9.98 Å². The zero-order valence-corrected chi connectivity index (χ0v) is 19.5. The zero-order chi connectivity index (χ0) is 23.4. The van der Waals surface area contributed by atoms with Crippen LogP contribution >= 0.6 is 0 Å². The number of rotatable bonds is 2. The highest BCUT2D eigenvalue weighted by molar-refractivity contribution is 6.02. The molecule has 0 saturated carbocycles. The van der Waals surface area contributed by atoms with E-state index in [4.69, 9.17) is 21.2 Å². The molecule has 1 atom stereocenters. The minimum absolute atomic E-state index is 0.611. The lowest BCUT2D eigenvalue weighted by Gasteiger charge is -2.35. The molecule has 0 aliphatic carbocycles. The van der Waals surface area contributed by atoms with Gasteiger partial charge >= 0.3 is 0 Å². The minimum Gasteiger partial charge on any atom is -0.474 e. The Morgan fingerprint density at radius 2 is 2.00 bits per heavy atom. The molecule has 0 fully saturated rings. The molecule has 0 saturated heterocycles. The molecule has 3 aromatic rings. The quantitative estimate of drug-likeness (QED) is 0.439. The lowest BCUT2D eigenvalue weighted by atomic mass is 9.92. The largest absolute Gasteiger partial charge is 0.474 e. The van der Waals surface area contributed by atoms with E-state index in [1.807, 2.05) is 18.3 Å². The first-order valence-corrected chi connectivity index (χ1v) is 11.7. The molecule has 0 amide bonds. The predicted octanol–water partition coefficient (Wildman–Crippen LogP) is 3.05. The van der Waals surface area contributed by atoms with E-state index in [1.54, 1.807) is 6.21 Å². The SMILES string of the molecule is Cc1c(-c2ccc(N)c3c2NC(N)(c2ccc4c(c2)CN(C)CC4)N=C3)cnc2c1NCCO2. The molecule has 174 valence electrons. The first-order valence-electron chi connectivity index (χ1n) is 11.7. The van der Waals surface area contributed by atoms with E-state index in [1.165, 1.54) is 11.1 Å². The Kier molecular flexibility index (Phi) is 4.75. The molecule has 0 spiro atoms. The number of anilines is 3. The van der Waals surface area contributed by atoms with Crippen LogP contribution < -0.4 is 26.8 Å². The number of nitrogens with two attached hydrogens (primary N) is 2. The van der Waals surface area contributed by atoms with Gasteiger partial charge in [-0.05, 0) is 49.2 Å². The monoisotopic (exact) mass is 455 g/mol. The van der Waals surface area contributed by atoms with Crippen molar-refractivity contribution in [1.29, 1.82) is 0 Å². The predicted molar refractivity (Wildman–Crippen MR) is 136 cm³/mol. The van der Waals surface area contributed by atoms with E-state index < -0.39 is 5.79 Å². The fraction of sp³-hybridized carbons (Fsp3) is 0.308. The molecule has 6 rings (SSSR count). The number of aromatic nitrogens is 1. The summed E-state index contributed by atoms with van der Waals surface area (Å²) in [5.74, 6) is -0.462. The van der Waals surface area contributed by atoms with Gasteiger partial charge in [-0.1, -0.05) is 18.2 Å². The van der Waals surface area contributed by atoms with Gasteiger partial charge < -0.3 is 26.0 Å². The molecule has 34 heavy (non-hydrogen) atoms. The van der Waals surface area contributed by atoms with Crippen molar-refractivity contribution in [2.75, 3.05) is 43.1 Å². The van der Waals surface area contributed by atoms with Gasteiger partial charge in [0.2, 0.25) is 11.7 Å². The molecule has 0 radical (unpaired) electrons. The highest BCUT2D eigenvalue weighted by Gasteiger charge is 2.33. The van der Waals surface area contributed by atoms with E-state index >= 15 is 0 Å². The zero-order valence-electron chi connectivity index (χ0n) is 19.5. The lowest BCUT2D eigenvalue weighted by molar-refractivity contribution is 0.310. The first-order chi connectivity index (χ1) is 16.4. The summed E-state index contributed by atoms with van der Waals surface area (Å²) in [6.07, 6.45) is 4.69. The smallest absolute Gasteiger partial charge is 0.237 e. The van der Waals surface area contributed by atoms with Crippen LogP contribution in [0, 0.1) is 6.92 Å². The van der Waals surface area contributed by atoms with Crippen LogP contribution in [0.5, 0.6) is 5.88 Å². The summed E-state index contributed by atoms with van der Waals surface area (Å²) in [4.78, 5) is 11.6. The molecule has 3 aliphatic rings. The van der Waals surface area contributed by atoms with Gasteiger partial charge in [-0.15, -0.1) is 0 Å². The van der Waals surface area contributed by atoms with Gasteiger partial charge in [-0.2, -0.15) is 0 Å². The molecule has 1 aromatic heterocycles. The molecule has 4 heterocycles. The van der Waals surface area contributed by atoms with E-state index in [0.717, 1.165) is 65.2 Å². The van der Waals surface area contributed by atoms with Crippen molar-refractivity contribution in [3.8, 4) is 17.0 Å². The van der Waals surface area contributed by atoms with Crippen molar-refractivity contribution in [2.24, 2.45) is 10.7 Å². The van der Waals surface area contributed by atoms with E-state index in [9.17, 15) is 0 Å². The highest BCUT2D eigenvalue weighted by Crippen LogP contribution is 2.43. The van der Waals surface area contributed by atoms with Crippen molar-refractivity contribution in [2.45, 2.75) is 25.7 Å². The van der Waals surface area contributed by atoms with Crippen LogP contribution in [-0.2, 0) is 18.8 Å². The first kappa shape index (κ1) is 20.9. The molecule has 2 aromatic carbocycles. The second-order valence-electron chi connectivity index (χ2n) is 9.36. The Labute approximate surface area is 199 Å². The summed E-state index contributed by atoms with van der Waals surface area (Å²) < 4.78 is 5.72. The normalized spacial score (nSPS) is 20.9. The van der Waals surface area contributed by atoms with Crippen LogP contribution in [0.4, 0.5) is 17.1 Å². The standard InChI is InChI=1S/C26H29N7O/c1-15-20(12-30-25-23(15)29-8-10-34-25)19-5-6-22(27)21-13-31-26(28,32-24(19)21)18-4-3-16-7-9-33(2)14-17(16)11-18/h3-6,11-13,29,32H,7-10,14,27-28H2,1-2H3. The summed E-state index contributed by atoms with van der Waals surface area (Å²) >= 11 is 0. The maximum absolute atomic E-state index is 6.90. The third-order valence-electron chi connectivity index (χ3n) is 7.08. The van der Waals surface area contributed by atoms with E-state index in [2.05, 4.69) is 52.7 Å². The highest BCUT2D eigenvalue weighted by atomic mass is 16.5. The molecule has 3 aliphatic heterocycles. The molecule has 0 bridgehead atoms. The number of ether oxygens (including phenoxy) is 1. The maximum Gasteiger partial charge on any atom is 0.237 e. The van der Waals surface area contributed by atoms with Gasteiger partial charge in [-0.3, -0.25) is 5.73 Å². The van der Waals surface area contributed by atoms with Gasteiger partial charge in [0.1, 0.15) is 12.3 Å². The summed E-state index contributed by atoms with van der Waals surface area (Å²) in [5.41, 5.74) is 23.1. The maximum atomic E-state index is 6.90. The van der Waals surface area contributed by atoms with Crippen molar-refractivity contribution >= 4 is 23.3 Å². The van der Waals surface area contributed by atoms with Crippen LogP contribution in [0.15, 0.2) is 41.5 Å². The molecule has 8 nitrogen and oxygen atoms in total. The minimum atomic E-state index is -1.10. The van der Waals surface area contributed by atoms with E-state index in [0.29, 0.717) is 18.2 Å². The Bertz CT molecular complexity index is 1340. The Morgan fingerprint density at radius 3 is 2.88 bits per heavy atom. The summed E-state index contributed by atoms with van der Waals surface area (Å²) in [5, 5.41) is 6.95. The molecule has 1 unspecified atom stereocenters. The number of hydrogen-bond donors (Lipinski definition) is 4. The number of benzene rings is 2. The molecular formula is C26H29N7O. The van der Waals surface area contributed by atoms with Crippen LogP contribution in [0.3, 0.4) is 0 Å². The van der Waals surface area contributed by atoms with Crippen molar-refractivity contribution < 1.29 is 4.74 Å². The number of nitrogen functional groups attached to an aromatic ring is 1. The molecule has 8 heteroatoms. The van der Waals surface area contributed by atoms with Crippen LogP contribution in [-0.4, -0.2) is 42.8 Å². The topological polar surface area (TPSA) is 114 Å². The lowest BCUT2D eigenvalue weighted by Crippen LogP contribution is -2.45. The fourth-order valence-electron chi connectivity index (χ4n) is 5.10. The molecular weight excluding hydrogens is 426 g/mol. The summed E-state index contributed by atoms with van der Waals surface area (Å²) in [6.45, 7) is 5.42. The van der Waals surface area contributed by atoms with Crippen molar-refractivity contribution in [1.82, 2.24) is 9.88 Å². The van der Waals surface area contributed by atoms with Crippen LogP contribution in [0.1, 0.15) is 27.8 Å². The Balaban J connectivity index is 1.44. The Morgan fingerprint density at radius 1 is 1.12 bits per heavy atom. The van der Waals surface area contributed by atoms with Crippen LogP contribution in [0.2, 0.25) is 0 Å². The summed E-state index contributed by atoms with van der Waals surface area (Å²) in [7, 11) is 2.14. The third-order valence-corrected chi connectivity index (χ3v) is 7.08. The molecule has 6 N–H and O–H groups in total. The average Bonchev–Trinajstić information content (AvgIpc) is 2.84. The van der Waals surface area contributed by atoms with Gasteiger partial charge in [0.05, 0.1) is 5.69 Å². The third kappa shape index (κ3) is 3.29. The summed E-state index contributed by atoms with van der Waals surface area (Å²) in [6, 6.07) is 10.4. The number of hydrogen-bond acceptors (Lipinski definition) is 8. The Hall–Kier alpha value is -3.62. The number of nitrogens with zero attached hydrogens (tertiary/aromatic N) is 3. The van der Waals surface area contributed by atoms with Crippen molar-refractivity contribution in [3.05, 3.63) is 64.3 Å². The second-order valence-corrected chi connectivity index (χ2v) is 9.36. The van der Waals surface area contributed by atoms with E-state index in [-0.39, 0.29) is 0 Å². The van der Waals surface area contributed by atoms with Gasteiger partial charge in [0.15, 0.2) is 0 Å². The number of fused-ring (bicyclic) bond motifs is 3. The van der Waals surface area contributed by atoms with Crippen LogP contribution in [0.25, 0.3) is 11.1 Å². The number of pyridine rings is 1. The number of likely N-dealkylation sites (N-methyl/N-ethyl adjacent to an activating group) is 1. The fourth-order valence-corrected chi connectivity index (χ4v) is 5.10. The number of aliphatic imine (C=N–C) groups is 1.